The summed E-state index contributed by atoms with van der Waals surface area (Å²) in [5.74, 6) is 0.662. The summed E-state index contributed by atoms with van der Waals surface area (Å²) in [7, 11) is 0. The second kappa shape index (κ2) is 9.47. The van der Waals surface area contributed by atoms with Gasteiger partial charge in [0.1, 0.15) is 11.5 Å². The third-order valence-electron chi connectivity index (χ3n) is 3.81. The summed E-state index contributed by atoms with van der Waals surface area (Å²) in [6.07, 6.45) is 4.52. The number of rotatable bonds is 9. The Kier molecular flexibility index (Phi) is 7.01. The minimum absolute atomic E-state index is 0.0751. The Morgan fingerprint density at radius 3 is 1.96 bits per heavy atom. The van der Waals surface area contributed by atoms with Crippen molar-refractivity contribution in [2.75, 3.05) is 6.54 Å². The summed E-state index contributed by atoms with van der Waals surface area (Å²) in [5.41, 5.74) is 6.23. The highest BCUT2D eigenvalue weighted by Gasteiger charge is 2.06. The predicted molar refractivity (Wildman–Crippen MR) is 98.0 cm³/mol. The molecule has 0 aliphatic rings. The van der Waals surface area contributed by atoms with Crippen LogP contribution in [0.3, 0.4) is 0 Å². The molecule has 2 amide bonds. The van der Waals surface area contributed by atoms with Crippen molar-refractivity contribution in [3.63, 3.8) is 0 Å². The van der Waals surface area contributed by atoms with Gasteiger partial charge < -0.3 is 15.8 Å². The maximum atomic E-state index is 12.1. The van der Waals surface area contributed by atoms with Gasteiger partial charge in [-0.3, -0.25) is 9.59 Å². The predicted octanol–water partition coefficient (Wildman–Crippen LogP) is 3.89. The normalized spacial score (nSPS) is 10.3. The van der Waals surface area contributed by atoms with E-state index in [-0.39, 0.29) is 5.91 Å². The Morgan fingerprint density at radius 1 is 0.880 bits per heavy atom. The quantitative estimate of drug-likeness (QED) is 0.680. The fourth-order valence-electron chi connectivity index (χ4n) is 2.35. The van der Waals surface area contributed by atoms with Crippen molar-refractivity contribution in [1.29, 1.82) is 0 Å². The van der Waals surface area contributed by atoms with E-state index in [0.29, 0.717) is 29.2 Å². The van der Waals surface area contributed by atoms with Crippen molar-refractivity contribution in [2.24, 2.45) is 5.73 Å². The molecule has 5 nitrogen and oxygen atoms in total. The zero-order valence-electron chi connectivity index (χ0n) is 14.5. The van der Waals surface area contributed by atoms with E-state index in [1.54, 1.807) is 48.5 Å². The first-order valence-corrected chi connectivity index (χ1v) is 8.56. The van der Waals surface area contributed by atoms with Crippen LogP contribution < -0.4 is 15.8 Å². The van der Waals surface area contributed by atoms with Crippen LogP contribution in [0.2, 0.25) is 0 Å². The van der Waals surface area contributed by atoms with Crippen LogP contribution in [-0.2, 0) is 0 Å². The Bertz CT molecular complexity index is 694. The lowest BCUT2D eigenvalue weighted by atomic mass is 10.2. The van der Waals surface area contributed by atoms with E-state index in [2.05, 4.69) is 12.2 Å². The molecular formula is C20H24N2O3. The minimum atomic E-state index is -0.475. The van der Waals surface area contributed by atoms with Gasteiger partial charge in [-0.15, -0.1) is 0 Å². The maximum absolute atomic E-state index is 12.1. The summed E-state index contributed by atoms with van der Waals surface area (Å²) < 4.78 is 5.69. The number of hydrogen-bond acceptors (Lipinski definition) is 3. The topological polar surface area (TPSA) is 81.4 Å². The van der Waals surface area contributed by atoms with Crippen LogP contribution in [0.4, 0.5) is 0 Å². The number of carbonyl (C=O) groups is 2. The fourth-order valence-corrected chi connectivity index (χ4v) is 2.35. The average Bonchev–Trinajstić information content (AvgIpc) is 2.62. The van der Waals surface area contributed by atoms with Gasteiger partial charge in [-0.1, -0.05) is 26.2 Å². The van der Waals surface area contributed by atoms with E-state index in [1.807, 2.05) is 0 Å². The summed E-state index contributed by atoms with van der Waals surface area (Å²) in [6, 6.07) is 13.5. The Hall–Kier alpha value is -2.82. The van der Waals surface area contributed by atoms with Gasteiger partial charge in [0.05, 0.1) is 0 Å². The molecule has 0 radical (unpaired) electrons. The van der Waals surface area contributed by atoms with Crippen LogP contribution in [0.15, 0.2) is 48.5 Å². The molecule has 0 bridgehead atoms. The van der Waals surface area contributed by atoms with Crippen molar-refractivity contribution in [2.45, 2.75) is 32.6 Å². The summed E-state index contributed by atoms with van der Waals surface area (Å²) in [6.45, 7) is 2.86. The average molecular weight is 340 g/mol. The molecule has 0 spiro atoms. The number of hydrogen-bond donors (Lipinski definition) is 2. The van der Waals surface area contributed by atoms with Crippen molar-refractivity contribution in [3.8, 4) is 11.5 Å². The molecule has 25 heavy (non-hydrogen) atoms. The Balaban J connectivity index is 1.86. The highest BCUT2D eigenvalue weighted by molar-refractivity contribution is 5.94. The molecule has 0 saturated heterocycles. The van der Waals surface area contributed by atoms with Gasteiger partial charge in [0, 0.05) is 17.7 Å². The standard InChI is InChI=1S/C20H24N2O3/c1-2-3-4-5-14-22-20(24)16-8-12-18(13-9-16)25-17-10-6-15(7-11-17)19(21)23/h6-13H,2-5,14H2,1H3,(H2,21,23)(H,22,24). The van der Waals surface area contributed by atoms with Crippen molar-refractivity contribution in [3.05, 3.63) is 59.7 Å². The zero-order valence-corrected chi connectivity index (χ0v) is 14.5. The molecule has 132 valence electrons. The van der Waals surface area contributed by atoms with Gasteiger partial charge in [-0.05, 0) is 55.0 Å². The highest BCUT2D eigenvalue weighted by Crippen LogP contribution is 2.22. The van der Waals surface area contributed by atoms with Crippen LogP contribution in [0.5, 0.6) is 11.5 Å². The molecule has 2 aromatic rings. The Labute approximate surface area is 148 Å². The first-order valence-electron chi connectivity index (χ1n) is 8.56. The third-order valence-corrected chi connectivity index (χ3v) is 3.81. The van der Waals surface area contributed by atoms with Crippen LogP contribution in [-0.4, -0.2) is 18.4 Å². The zero-order chi connectivity index (χ0) is 18.1. The number of nitrogens with one attached hydrogen (secondary N) is 1. The van der Waals surface area contributed by atoms with Gasteiger partial charge in [-0.25, -0.2) is 0 Å². The molecule has 3 N–H and O–H groups in total. The van der Waals surface area contributed by atoms with Gasteiger partial charge in [0.15, 0.2) is 0 Å². The van der Waals surface area contributed by atoms with Gasteiger partial charge in [0.25, 0.3) is 5.91 Å². The van der Waals surface area contributed by atoms with Crippen LogP contribution >= 0.6 is 0 Å². The fraction of sp³-hybridized carbons (Fsp3) is 0.300. The van der Waals surface area contributed by atoms with Crippen molar-refractivity contribution < 1.29 is 14.3 Å². The number of unbranched alkanes of at least 4 members (excludes halogenated alkanes) is 3. The number of primary amides is 1. The van der Waals surface area contributed by atoms with Crippen LogP contribution in [0.1, 0.15) is 53.3 Å². The first-order chi connectivity index (χ1) is 12.1. The monoisotopic (exact) mass is 340 g/mol. The van der Waals surface area contributed by atoms with Crippen molar-refractivity contribution in [1.82, 2.24) is 5.32 Å². The first kappa shape index (κ1) is 18.5. The number of ether oxygens (including phenoxy) is 1. The molecule has 2 aromatic carbocycles. The summed E-state index contributed by atoms with van der Waals surface area (Å²) >= 11 is 0. The summed E-state index contributed by atoms with van der Waals surface area (Å²) in [4.78, 5) is 23.1. The number of nitrogens with two attached hydrogens (primary N) is 1. The molecular weight excluding hydrogens is 316 g/mol. The number of carbonyl (C=O) groups excluding carboxylic acids is 2. The number of amides is 2. The van der Waals surface area contributed by atoms with Crippen LogP contribution in [0, 0.1) is 0 Å². The van der Waals surface area contributed by atoms with E-state index >= 15 is 0 Å². The maximum Gasteiger partial charge on any atom is 0.251 e. The minimum Gasteiger partial charge on any atom is -0.457 e. The highest BCUT2D eigenvalue weighted by atomic mass is 16.5. The SMILES string of the molecule is CCCCCCNC(=O)c1ccc(Oc2ccc(C(N)=O)cc2)cc1. The van der Waals surface area contributed by atoms with E-state index in [0.717, 1.165) is 12.8 Å². The van der Waals surface area contributed by atoms with Gasteiger partial charge in [-0.2, -0.15) is 0 Å². The molecule has 2 rings (SSSR count). The van der Waals surface area contributed by atoms with E-state index in [9.17, 15) is 9.59 Å². The molecule has 0 saturated carbocycles. The second-order valence-electron chi connectivity index (χ2n) is 5.83. The number of benzene rings is 2. The van der Waals surface area contributed by atoms with Gasteiger partial charge >= 0.3 is 0 Å². The van der Waals surface area contributed by atoms with E-state index < -0.39 is 5.91 Å². The molecule has 0 atom stereocenters. The lowest BCUT2D eigenvalue weighted by molar-refractivity contribution is 0.0951. The second-order valence-corrected chi connectivity index (χ2v) is 5.83. The third kappa shape index (κ3) is 5.95. The smallest absolute Gasteiger partial charge is 0.251 e. The Morgan fingerprint density at radius 2 is 1.44 bits per heavy atom. The lowest BCUT2D eigenvalue weighted by Gasteiger charge is -2.08. The van der Waals surface area contributed by atoms with Crippen molar-refractivity contribution >= 4 is 11.8 Å². The van der Waals surface area contributed by atoms with Gasteiger partial charge in [0.2, 0.25) is 5.91 Å². The molecule has 0 aromatic heterocycles. The van der Waals surface area contributed by atoms with Crippen LogP contribution in [0.25, 0.3) is 0 Å². The molecule has 0 aliphatic carbocycles. The lowest BCUT2D eigenvalue weighted by Crippen LogP contribution is -2.24. The molecule has 0 unspecified atom stereocenters. The summed E-state index contributed by atoms with van der Waals surface area (Å²) in [5, 5.41) is 2.92. The molecule has 0 fully saturated rings. The largest absolute Gasteiger partial charge is 0.457 e. The van der Waals surface area contributed by atoms with E-state index in [1.165, 1.54) is 12.8 Å². The molecule has 5 heteroatoms. The van der Waals surface area contributed by atoms with E-state index in [4.69, 9.17) is 10.5 Å². The molecule has 0 aliphatic heterocycles. The molecule has 0 heterocycles.